The van der Waals surface area contributed by atoms with Crippen LogP contribution >= 0.6 is 12.2 Å². The van der Waals surface area contributed by atoms with Crippen LogP contribution in [-0.4, -0.2) is 5.11 Å². The highest BCUT2D eigenvalue weighted by atomic mass is 32.1. The van der Waals surface area contributed by atoms with E-state index in [9.17, 15) is 0 Å². The molecule has 0 radical (unpaired) electrons. The Hall–Kier alpha value is -1.87. The largest absolute Gasteiger partial charge is 0.356 e. The van der Waals surface area contributed by atoms with Gasteiger partial charge in [0.05, 0.1) is 6.04 Å². The van der Waals surface area contributed by atoms with Crippen molar-refractivity contribution in [1.29, 1.82) is 0 Å². The normalized spacial score (nSPS) is 12.0. The minimum absolute atomic E-state index is 0.177. The van der Waals surface area contributed by atoms with E-state index in [1.54, 1.807) is 0 Å². The zero-order valence-electron chi connectivity index (χ0n) is 13.7. The van der Waals surface area contributed by atoms with Crippen LogP contribution in [0.25, 0.3) is 0 Å². The average Bonchev–Trinajstić information content (AvgIpc) is 2.48. The van der Waals surface area contributed by atoms with Crippen LogP contribution in [0.3, 0.4) is 0 Å². The highest BCUT2D eigenvalue weighted by Crippen LogP contribution is 2.19. The van der Waals surface area contributed by atoms with Crippen molar-refractivity contribution in [3.8, 4) is 0 Å². The van der Waals surface area contributed by atoms with Gasteiger partial charge in [0, 0.05) is 5.69 Å². The molecule has 0 aliphatic carbocycles. The van der Waals surface area contributed by atoms with Crippen LogP contribution in [0, 0.1) is 6.92 Å². The van der Waals surface area contributed by atoms with Crippen LogP contribution in [0.15, 0.2) is 48.5 Å². The Kier molecular flexibility index (Phi) is 5.56. The van der Waals surface area contributed by atoms with Crippen LogP contribution in [0.4, 0.5) is 5.69 Å². The van der Waals surface area contributed by atoms with Crippen molar-refractivity contribution in [2.45, 2.75) is 39.7 Å². The second kappa shape index (κ2) is 7.41. The van der Waals surface area contributed by atoms with Crippen molar-refractivity contribution in [1.82, 2.24) is 5.32 Å². The SMILES string of the molecule is Cc1ccccc1[C@H](C)NC(=S)Nc1ccc(C(C)C)cc1. The van der Waals surface area contributed by atoms with Crippen LogP contribution in [0.2, 0.25) is 0 Å². The van der Waals surface area contributed by atoms with Crippen LogP contribution < -0.4 is 10.6 Å². The Morgan fingerprint density at radius 2 is 1.59 bits per heavy atom. The molecule has 2 aromatic carbocycles. The van der Waals surface area contributed by atoms with Gasteiger partial charge in [-0.15, -0.1) is 0 Å². The zero-order valence-corrected chi connectivity index (χ0v) is 14.5. The van der Waals surface area contributed by atoms with Crippen molar-refractivity contribution in [2.24, 2.45) is 0 Å². The minimum atomic E-state index is 0.177. The number of nitrogens with one attached hydrogen (secondary N) is 2. The van der Waals surface area contributed by atoms with E-state index in [0.717, 1.165) is 5.69 Å². The summed E-state index contributed by atoms with van der Waals surface area (Å²) in [5.41, 5.74) is 4.88. The number of thiocarbonyl (C=S) groups is 1. The highest BCUT2D eigenvalue weighted by Gasteiger charge is 2.09. The Morgan fingerprint density at radius 1 is 0.955 bits per heavy atom. The summed E-state index contributed by atoms with van der Waals surface area (Å²) in [5, 5.41) is 7.24. The molecule has 0 aliphatic rings. The van der Waals surface area contributed by atoms with E-state index < -0.39 is 0 Å². The second-order valence-corrected chi connectivity index (χ2v) is 6.36. The summed E-state index contributed by atoms with van der Waals surface area (Å²) in [6, 6.07) is 17.0. The molecule has 2 aromatic rings. The van der Waals surface area contributed by atoms with Crippen molar-refractivity contribution in [3.05, 3.63) is 65.2 Å². The molecular weight excluding hydrogens is 288 g/mol. The number of aryl methyl sites for hydroxylation is 1. The van der Waals surface area contributed by atoms with Crippen LogP contribution in [-0.2, 0) is 0 Å². The summed E-state index contributed by atoms with van der Waals surface area (Å²) in [4.78, 5) is 0. The van der Waals surface area contributed by atoms with Gasteiger partial charge in [0.1, 0.15) is 0 Å². The minimum Gasteiger partial charge on any atom is -0.356 e. The maximum atomic E-state index is 5.42. The molecule has 0 amide bonds. The molecule has 0 aromatic heterocycles. The third-order valence-electron chi connectivity index (χ3n) is 3.84. The van der Waals surface area contributed by atoms with Crippen molar-refractivity contribution in [3.63, 3.8) is 0 Å². The number of anilines is 1. The summed E-state index contributed by atoms with van der Waals surface area (Å²) in [6.07, 6.45) is 0. The van der Waals surface area contributed by atoms with Gasteiger partial charge in [-0.3, -0.25) is 0 Å². The molecule has 1 atom stereocenters. The molecule has 22 heavy (non-hydrogen) atoms. The predicted molar refractivity (Wildman–Crippen MR) is 99.5 cm³/mol. The standard InChI is InChI=1S/C19H24N2S/c1-13(2)16-9-11-17(12-10-16)21-19(22)20-15(4)18-8-6-5-7-14(18)3/h5-13,15H,1-4H3,(H2,20,21,22)/t15-/m0/s1. The molecule has 0 saturated heterocycles. The van der Waals surface area contributed by atoms with Crippen molar-refractivity contribution >= 4 is 23.0 Å². The number of hydrogen-bond acceptors (Lipinski definition) is 1. The quantitative estimate of drug-likeness (QED) is 0.762. The molecule has 0 unspecified atom stereocenters. The fourth-order valence-electron chi connectivity index (χ4n) is 2.47. The van der Waals surface area contributed by atoms with E-state index in [4.69, 9.17) is 12.2 Å². The van der Waals surface area contributed by atoms with Gasteiger partial charge in [-0.05, 0) is 60.8 Å². The summed E-state index contributed by atoms with van der Waals surface area (Å²) in [6.45, 7) is 8.63. The number of rotatable bonds is 4. The summed E-state index contributed by atoms with van der Waals surface area (Å²) in [7, 11) is 0. The predicted octanol–water partition coefficient (Wildman–Crippen LogP) is 5.17. The molecule has 0 bridgehead atoms. The van der Waals surface area contributed by atoms with Crippen LogP contribution in [0.5, 0.6) is 0 Å². The topological polar surface area (TPSA) is 24.1 Å². The lowest BCUT2D eigenvalue weighted by Gasteiger charge is -2.19. The fourth-order valence-corrected chi connectivity index (χ4v) is 2.76. The summed E-state index contributed by atoms with van der Waals surface area (Å²) < 4.78 is 0. The molecular formula is C19H24N2S. The van der Waals surface area contributed by atoms with Gasteiger partial charge in [-0.25, -0.2) is 0 Å². The van der Waals surface area contributed by atoms with Gasteiger partial charge in [0.2, 0.25) is 0 Å². The van der Waals surface area contributed by atoms with Gasteiger partial charge < -0.3 is 10.6 Å². The molecule has 116 valence electrons. The van der Waals surface area contributed by atoms with Gasteiger partial charge >= 0.3 is 0 Å². The zero-order chi connectivity index (χ0) is 16.1. The molecule has 2 N–H and O–H groups in total. The average molecular weight is 312 g/mol. The Bertz CT molecular complexity index is 632. The molecule has 0 fully saturated rings. The summed E-state index contributed by atoms with van der Waals surface area (Å²) in [5.74, 6) is 0.542. The second-order valence-electron chi connectivity index (χ2n) is 5.95. The first-order chi connectivity index (χ1) is 10.5. The first-order valence-electron chi connectivity index (χ1n) is 7.70. The fraction of sp³-hybridized carbons (Fsp3) is 0.316. The van der Waals surface area contributed by atoms with Gasteiger partial charge in [0.25, 0.3) is 0 Å². The van der Waals surface area contributed by atoms with E-state index in [1.807, 2.05) is 0 Å². The number of benzene rings is 2. The van der Waals surface area contributed by atoms with Gasteiger partial charge in [-0.1, -0.05) is 50.2 Å². The Labute approximate surface area is 139 Å². The monoisotopic (exact) mass is 312 g/mol. The maximum absolute atomic E-state index is 5.42. The third-order valence-corrected chi connectivity index (χ3v) is 4.06. The lowest BCUT2D eigenvalue weighted by Crippen LogP contribution is -2.31. The van der Waals surface area contributed by atoms with E-state index >= 15 is 0 Å². The molecule has 0 saturated carbocycles. The van der Waals surface area contributed by atoms with E-state index in [-0.39, 0.29) is 6.04 Å². The van der Waals surface area contributed by atoms with E-state index in [1.165, 1.54) is 16.7 Å². The Balaban J connectivity index is 1.96. The van der Waals surface area contributed by atoms with Crippen molar-refractivity contribution in [2.75, 3.05) is 5.32 Å². The molecule has 2 rings (SSSR count). The van der Waals surface area contributed by atoms with E-state index in [0.29, 0.717) is 11.0 Å². The molecule has 0 heterocycles. The number of hydrogen-bond donors (Lipinski definition) is 2. The highest BCUT2D eigenvalue weighted by molar-refractivity contribution is 7.80. The lowest BCUT2D eigenvalue weighted by atomic mass is 10.0. The third kappa shape index (κ3) is 4.31. The first-order valence-corrected chi connectivity index (χ1v) is 8.11. The molecule has 2 nitrogen and oxygen atoms in total. The summed E-state index contributed by atoms with van der Waals surface area (Å²) >= 11 is 5.42. The first kappa shape index (κ1) is 16.5. The lowest BCUT2D eigenvalue weighted by molar-refractivity contribution is 0.717. The molecule has 3 heteroatoms. The van der Waals surface area contributed by atoms with Gasteiger partial charge in [-0.2, -0.15) is 0 Å². The smallest absolute Gasteiger partial charge is 0.171 e. The maximum Gasteiger partial charge on any atom is 0.171 e. The molecule has 0 spiro atoms. The van der Waals surface area contributed by atoms with Crippen molar-refractivity contribution < 1.29 is 0 Å². The molecule has 0 aliphatic heterocycles. The Morgan fingerprint density at radius 3 is 2.18 bits per heavy atom. The van der Waals surface area contributed by atoms with E-state index in [2.05, 4.69) is 86.9 Å². The van der Waals surface area contributed by atoms with Gasteiger partial charge in [0.15, 0.2) is 5.11 Å². The van der Waals surface area contributed by atoms with Crippen LogP contribution in [0.1, 0.15) is 49.4 Å².